The molecule has 2 aromatic rings. The largest absolute Gasteiger partial charge is 0.452 e. The van der Waals surface area contributed by atoms with Gasteiger partial charge in [0.05, 0.1) is 16.8 Å². The molecule has 0 heterocycles. The standard InChI is InChI=1S/C20H20BrFN2O4/c1-12(2)10-23-19(26)15-5-3-4-6-17(15)24-18(25)11-28-20(27)14-8-7-13(22)9-16(14)21/h3-9,12H,10-11H2,1-2H3,(H,23,26)(H,24,25). The number of nitrogens with one attached hydrogen (secondary N) is 2. The predicted molar refractivity (Wildman–Crippen MR) is 107 cm³/mol. The van der Waals surface area contributed by atoms with Gasteiger partial charge in [-0.25, -0.2) is 9.18 Å². The van der Waals surface area contributed by atoms with Gasteiger partial charge < -0.3 is 15.4 Å². The van der Waals surface area contributed by atoms with Gasteiger partial charge >= 0.3 is 5.97 Å². The van der Waals surface area contributed by atoms with Crippen molar-refractivity contribution < 1.29 is 23.5 Å². The molecular formula is C20H20BrFN2O4. The Morgan fingerprint density at radius 3 is 2.50 bits per heavy atom. The Kier molecular flexibility index (Phi) is 7.69. The molecule has 0 fully saturated rings. The van der Waals surface area contributed by atoms with E-state index in [1.807, 2.05) is 13.8 Å². The summed E-state index contributed by atoms with van der Waals surface area (Å²) in [5.74, 6) is -1.90. The smallest absolute Gasteiger partial charge is 0.339 e. The zero-order valence-electron chi connectivity index (χ0n) is 15.4. The molecule has 0 atom stereocenters. The Balaban J connectivity index is 1.98. The van der Waals surface area contributed by atoms with Crippen molar-refractivity contribution >= 4 is 39.4 Å². The molecule has 2 amide bonds. The lowest BCUT2D eigenvalue weighted by Crippen LogP contribution is -2.29. The SMILES string of the molecule is CC(C)CNC(=O)c1ccccc1NC(=O)COC(=O)c1ccc(F)cc1Br. The second-order valence-electron chi connectivity index (χ2n) is 6.40. The number of benzene rings is 2. The molecule has 2 rings (SSSR count). The molecule has 0 bridgehead atoms. The minimum absolute atomic E-state index is 0.0997. The number of ether oxygens (including phenoxy) is 1. The number of halogens is 2. The van der Waals surface area contributed by atoms with Gasteiger partial charge in [-0.2, -0.15) is 0 Å². The highest BCUT2D eigenvalue weighted by molar-refractivity contribution is 9.10. The molecule has 2 aromatic carbocycles. The first-order valence-corrected chi connectivity index (χ1v) is 9.36. The lowest BCUT2D eigenvalue weighted by Gasteiger charge is -2.13. The van der Waals surface area contributed by atoms with Gasteiger partial charge in [-0.05, 0) is 52.2 Å². The van der Waals surface area contributed by atoms with E-state index < -0.39 is 24.3 Å². The molecule has 148 valence electrons. The fraction of sp³-hybridized carbons (Fsp3) is 0.250. The van der Waals surface area contributed by atoms with Gasteiger partial charge in [0.15, 0.2) is 6.61 Å². The molecule has 0 saturated heterocycles. The van der Waals surface area contributed by atoms with Crippen molar-refractivity contribution in [1.82, 2.24) is 5.32 Å². The number of carbonyl (C=O) groups excluding carboxylic acids is 3. The third-order valence-corrected chi connectivity index (χ3v) is 4.26. The minimum Gasteiger partial charge on any atom is -0.452 e. The van der Waals surface area contributed by atoms with Crippen molar-refractivity contribution in [2.45, 2.75) is 13.8 Å². The number of hydrogen-bond donors (Lipinski definition) is 2. The highest BCUT2D eigenvalue weighted by atomic mass is 79.9. The summed E-state index contributed by atoms with van der Waals surface area (Å²) in [6.45, 7) is 3.90. The Morgan fingerprint density at radius 2 is 1.82 bits per heavy atom. The van der Waals surface area contributed by atoms with Crippen LogP contribution >= 0.6 is 15.9 Å². The molecule has 0 spiro atoms. The summed E-state index contributed by atoms with van der Waals surface area (Å²) in [6.07, 6.45) is 0. The zero-order chi connectivity index (χ0) is 20.7. The molecule has 2 N–H and O–H groups in total. The number of hydrogen-bond acceptors (Lipinski definition) is 4. The van der Waals surface area contributed by atoms with E-state index in [9.17, 15) is 18.8 Å². The summed E-state index contributed by atoms with van der Waals surface area (Å²) in [6, 6.07) is 10.0. The van der Waals surface area contributed by atoms with Crippen LogP contribution in [0.2, 0.25) is 0 Å². The van der Waals surface area contributed by atoms with E-state index in [1.54, 1.807) is 24.3 Å². The van der Waals surface area contributed by atoms with Crippen LogP contribution in [0.5, 0.6) is 0 Å². The summed E-state index contributed by atoms with van der Waals surface area (Å²) in [4.78, 5) is 36.5. The lowest BCUT2D eigenvalue weighted by atomic mass is 10.1. The Labute approximate surface area is 170 Å². The van der Waals surface area contributed by atoms with Gasteiger partial charge in [0.25, 0.3) is 11.8 Å². The first-order valence-electron chi connectivity index (χ1n) is 8.57. The van der Waals surface area contributed by atoms with Crippen LogP contribution in [0.25, 0.3) is 0 Å². The van der Waals surface area contributed by atoms with Gasteiger partial charge in [0.2, 0.25) is 0 Å². The van der Waals surface area contributed by atoms with Crippen molar-refractivity contribution in [2.75, 3.05) is 18.5 Å². The Morgan fingerprint density at radius 1 is 1.11 bits per heavy atom. The van der Waals surface area contributed by atoms with Gasteiger partial charge in [-0.1, -0.05) is 26.0 Å². The molecule has 0 aliphatic rings. The van der Waals surface area contributed by atoms with Crippen LogP contribution in [0, 0.1) is 11.7 Å². The van der Waals surface area contributed by atoms with Crippen molar-refractivity contribution in [3.05, 3.63) is 63.9 Å². The fourth-order valence-corrected chi connectivity index (χ4v) is 2.75. The van der Waals surface area contributed by atoms with Gasteiger partial charge in [-0.15, -0.1) is 0 Å². The maximum absolute atomic E-state index is 13.1. The van der Waals surface area contributed by atoms with Crippen LogP contribution in [-0.2, 0) is 9.53 Å². The Hall–Kier alpha value is -2.74. The van der Waals surface area contributed by atoms with E-state index in [0.29, 0.717) is 17.8 Å². The van der Waals surface area contributed by atoms with Gasteiger partial charge in [-0.3, -0.25) is 9.59 Å². The number of amides is 2. The van der Waals surface area contributed by atoms with Gasteiger partial charge in [0.1, 0.15) is 5.82 Å². The summed E-state index contributed by atoms with van der Waals surface area (Å²) in [5.41, 5.74) is 0.722. The molecule has 8 heteroatoms. The van der Waals surface area contributed by atoms with Crippen molar-refractivity contribution in [1.29, 1.82) is 0 Å². The van der Waals surface area contributed by atoms with E-state index in [0.717, 1.165) is 12.1 Å². The third kappa shape index (κ3) is 6.16. The second kappa shape index (κ2) is 9.98. The summed E-state index contributed by atoms with van der Waals surface area (Å²) >= 11 is 3.07. The fourth-order valence-electron chi connectivity index (χ4n) is 2.23. The Bertz CT molecular complexity index is 886. The number of para-hydroxylation sites is 1. The average Bonchev–Trinajstić information content (AvgIpc) is 2.64. The van der Waals surface area contributed by atoms with E-state index in [1.165, 1.54) is 6.07 Å². The maximum atomic E-state index is 13.1. The number of carbonyl (C=O) groups is 3. The van der Waals surface area contributed by atoms with Crippen LogP contribution in [0.4, 0.5) is 10.1 Å². The molecule has 0 saturated carbocycles. The number of anilines is 1. The molecular weight excluding hydrogens is 431 g/mol. The summed E-state index contributed by atoms with van der Waals surface area (Å²) in [7, 11) is 0. The van der Waals surface area contributed by atoms with Crippen molar-refractivity contribution in [3.8, 4) is 0 Å². The summed E-state index contributed by atoms with van der Waals surface area (Å²) in [5, 5.41) is 5.34. The van der Waals surface area contributed by atoms with Crippen molar-refractivity contribution in [2.24, 2.45) is 5.92 Å². The monoisotopic (exact) mass is 450 g/mol. The van der Waals surface area contributed by atoms with Crippen LogP contribution in [0.15, 0.2) is 46.9 Å². The highest BCUT2D eigenvalue weighted by Gasteiger charge is 2.16. The molecule has 0 radical (unpaired) electrons. The van der Waals surface area contributed by atoms with Crippen LogP contribution in [0.3, 0.4) is 0 Å². The summed E-state index contributed by atoms with van der Waals surface area (Å²) < 4.78 is 18.3. The first kappa shape index (κ1) is 21.6. The minimum atomic E-state index is -0.773. The van der Waals surface area contributed by atoms with E-state index in [4.69, 9.17) is 4.74 Å². The topological polar surface area (TPSA) is 84.5 Å². The van der Waals surface area contributed by atoms with Crippen LogP contribution in [-0.4, -0.2) is 30.9 Å². The number of rotatable bonds is 7. The number of esters is 1. The molecule has 0 aliphatic heterocycles. The normalized spacial score (nSPS) is 10.5. The average molecular weight is 451 g/mol. The lowest BCUT2D eigenvalue weighted by molar-refractivity contribution is -0.119. The zero-order valence-corrected chi connectivity index (χ0v) is 17.0. The molecule has 0 unspecified atom stereocenters. The third-order valence-electron chi connectivity index (χ3n) is 3.60. The second-order valence-corrected chi connectivity index (χ2v) is 7.25. The van der Waals surface area contributed by atoms with E-state index in [2.05, 4.69) is 26.6 Å². The van der Waals surface area contributed by atoms with Crippen molar-refractivity contribution in [3.63, 3.8) is 0 Å². The molecule has 0 aliphatic carbocycles. The molecule has 6 nitrogen and oxygen atoms in total. The van der Waals surface area contributed by atoms with Gasteiger partial charge in [0, 0.05) is 11.0 Å². The van der Waals surface area contributed by atoms with Crippen LogP contribution < -0.4 is 10.6 Å². The first-order chi connectivity index (χ1) is 13.3. The van der Waals surface area contributed by atoms with E-state index in [-0.39, 0.29) is 21.9 Å². The molecule has 28 heavy (non-hydrogen) atoms. The maximum Gasteiger partial charge on any atom is 0.339 e. The van der Waals surface area contributed by atoms with E-state index >= 15 is 0 Å². The highest BCUT2D eigenvalue weighted by Crippen LogP contribution is 2.19. The predicted octanol–water partition coefficient (Wildman–Crippen LogP) is 3.77. The van der Waals surface area contributed by atoms with Crippen LogP contribution in [0.1, 0.15) is 34.6 Å². The quantitative estimate of drug-likeness (QED) is 0.628. The molecule has 0 aromatic heterocycles.